The van der Waals surface area contributed by atoms with Crippen LogP contribution in [0.4, 0.5) is 0 Å². The molecule has 0 atom stereocenters. The van der Waals surface area contributed by atoms with Crippen LogP contribution in [0.3, 0.4) is 0 Å². The lowest BCUT2D eigenvalue weighted by atomic mass is 10.4. The van der Waals surface area contributed by atoms with Gasteiger partial charge in [-0.05, 0) is 19.1 Å². The summed E-state index contributed by atoms with van der Waals surface area (Å²) in [4.78, 5) is 22.3. The molecule has 0 fully saturated rings. The van der Waals surface area contributed by atoms with E-state index in [0.29, 0.717) is 21.8 Å². The summed E-state index contributed by atoms with van der Waals surface area (Å²) in [5.74, 6) is 0.618. The van der Waals surface area contributed by atoms with Gasteiger partial charge in [0.15, 0.2) is 5.16 Å². The number of halogens is 1. The van der Waals surface area contributed by atoms with Crippen molar-refractivity contribution in [3.8, 4) is 0 Å². The molecule has 0 saturated heterocycles. The number of aryl methyl sites for hydroxylation is 1. The molecule has 4 nitrogen and oxygen atoms in total. The molecule has 0 aliphatic rings. The van der Waals surface area contributed by atoms with E-state index in [1.807, 2.05) is 12.1 Å². The van der Waals surface area contributed by atoms with E-state index in [2.05, 4.69) is 15.0 Å². The maximum atomic E-state index is 11.2. The first-order valence-corrected chi connectivity index (χ1v) is 6.32. The van der Waals surface area contributed by atoms with Crippen molar-refractivity contribution < 1.29 is 0 Å². The Labute approximate surface area is 107 Å². The summed E-state index contributed by atoms with van der Waals surface area (Å²) in [7, 11) is 0. The molecule has 2 heterocycles. The summed E-state index contributed by atoms with van der Waals surface area (Å²) in [6.07, 6.45) is 0. The summed E-state index contributed by atoms with van der Waals surface area (Å²) in [6, 6.07) is 6.91. The molecule has 1 N–H and O–H groups in total. The predicted octanol–water partition coefficient (Wildman–Crippen LogP) is 2.42. The number of pyridine rings is 1. The van der Waals surface area contributed by atoms with Gasteiger partial charge in [0.25, 0.3) is 5.56 Å². The van der Waals surface area contributed by atoms with Crippen molar-refractivity contribution >= 4 is 23.4 Å². The topological polar surface area (TPSA) is 58.6 Å². The van der Waals surface area contributed by atoms with Crippen LogP contribution in [0.2, 0.25) is 5.15 Å². The van der Waals surface area contributed by atoms with E-state index in [0.717, 1.165) is 5.69 Å². The number of hydrogen-bond donors (Lipinski definition) is 1. The van der Waals surface area contributed by atoms with Gasteiger partial charge in [-0.3, -0.25) is 4.79 Å². The Bertz CT molecular complexity index is 585. The Balaban J connectivity index is 2.09. The first-order valence-electron chi connectivity index (χ1n) is 4.96. The molecule has 0 amide bonds. The van der Waals surface area contributed by atoms with Crippen LogP contribution in [0.15, 0.2) is 34.2 Å². The maximum Gasteiger partial charge on any atom is 0.251 e. The van der Waals surface area contributed by atoms with Crippen molar-refractivity contribution in [3.05, 3.63) is 51.2 Å². The Morgan fingerprint density at radius 2 is 2.24 bits per heavy atom. The van der Waals surface area contributed by atoms with Crippen molar-refractivity contribution in [1.82, 2.24) is 15.0 Å². The van der Waals surface area contributed by atoms with Crippen molar-refractivity contribution in [1.29, 1.82) is 0 Å². The Morgan fingerprint density at radius 1 is 1.41 bits per heavy atom. The second-order valence-electron chi connectivity index (χ2n) is 3.43. The number of aromatic nitrogens is 3. The lowest BCUT2D eigenvalue weighted by Crippen LogP contribution is -2.08. The number of nitrogens with one attached hydrogen (secondary N) is 1. The van der Waals surface area contributed by atoms with Gasteiger partial charge in [0, 0.05) is 17.5 Å². The number of aromatic amines is 1. The first kappa shape index (κ1) is 12.1. The second-order valence-corrected chi connectivity index (χ2v) is 4.78. The van der Waals surface area contributed by atoms with Gasteiger partial charge in [-0.1, -0.05) is 29.4 Å². The maximum absolute atomic E-state index is 11.2. The average molecular weight is 268 g/mol. The van der Waals surface area contributed by atoms with Gasteiger partial charge in [0.2, 0.25) is 0 Å². The van der Waals surface area contributed by atoms with Gasteiger partial charge in [0.05, 0.1) is 5.69 Å². The van der Waals surface area contributed by atoms with E-state index in [1.165, 1.54) is 17.8 Å². The highest BCUT2D eigenvalue weighted by atomic mass is 35.5. The number of H-pyrrole nitrogens is 1. The molecule has 0 aliphatic heterocycles. The summed E-state index contributed by atoms with van der Waals surface area (Å²) in [5, 5.41) is 1.06. The Morgan fingerprint density at radius 3 is 2.94 bits per heavy atom. The van der Waals surface area contributed by atoms with Crippen LogP contribution in [-0.4, -0.2) is 15.0 Å². The molecule has 88 valence electrons. The van der Waals surface area contributed by atoms with Crippen LogP contribution in [0, 0.1) is 6.92 Å². The molecule has 2 aromatic rings. The minimum absolute atomic E-state index is 0.140. The molecule has 2 aromatic heterocycles. The summed E-state index contributed by atoms with van der Waals surface area (Å²) >= 11 is 7.21. The summed E-state index contributed by atoms with van der Waals surface area (Å²) < 4.78 is 0. The fourth-order valence-electron chi connectivity index (χ4n) is 1.29. The number of hydrogen-bond acceptors (Lipinski definition) is 4. The first-order chi connectivity index (χ1) is 8.13. The zero-order valence-corrected chi connectivity index (χ0v) is 10.7. The van der Waals surface area contributed by atoms with Crippen molar-refractivity contribution in [2.45, 2.75) is 17.8 Å². The highest BCUT2D eigenvalue weighted by Gasteiger charge is 2.01. The van der Waals surface area contributed by atoms with Crippen LogP contribution in [0.25, 0.3) is 0 Å². The molecule has 6 heteroatoms. The fourth-order valence-corrected chi connectivity index (χ4v) is 2.30. The monoisotopic (exact) mass is 267 g/mol. The van der Waals surface area contributed by atoms with Crippen LogP contribution in [0.5, 0.6) is 0 Å². The second kappa shape index (κ2) is 5.33. The molecule has 0 saturated carbocycles. The van der Waals surface area contributed by atoms with Crippen LogP contribution in [0.1, 0.15) is 11.4 Å². The third-order valence-corrected chi connectivity index (χ3v) is 3.09. The Hall–Kier alpha value is -1.33. The molecule has 0 unspecified atom stereocenters. The number of rotatable bonds is 3. The molecule has 0 aliphatic carbocycles. The fraction of sp³-hybridized carbons (Fsp3) is 0.182. The van der Waals surface area contributed by atoms with Gasteiger partial charge in [-0.15, -0.1) is 0 Å². The number of nitrogens with zero attached hydrogens (tertiary/aromatic N) is 2. The van der Waals surface area contributed by atoms with Gasteiger partial charge in [0.1, 0.15) is 5.15 Å². The normalized spacial score (nSPS) is 10.5. The third-order valence-electron chi connectivity index (χ3n) is 1.98. The molecule has 0 aromatic carbocycles. The molecule has 0 spiro atoms. The van der Waals surface area contributed by atoms with Crippen molar-refractivity contribution in [2.24, 2.45) is 0 Å². The van der Waals surface area contributed by atoms with E-state index >= 15 is 0 Å². The smallest absolute Gasteiger partial charge is 0.251 e. The molecule has 2 rings (SSSR count). The zero-order valence-electron chi connectivity index (χ0n) is 9.11. The third kappa shape index (κ3) is 3.57. The standard InChI is InChI=1S/C11H10ClN3OS/c1-7-5-10(16)15-11(13-7)17-6-8-3-2-4-9(12)14-8/h2-5H,6H2,1H3,(H,13,15,16). The SMILES string of the molecule is Cc1cc(=O)[nH]c(SCc2cccc(Cl)n2)n1. The highest BCUT2D eigenvalue weighted by molar-refractivity contribution is 7.98. The predicted molar refractivity (Wildman–Crippen MR) is 68.4 cm³/mol. The van der Waals surface area contributed by atoms with Crippen LogP contribution in [-0.2, 0) is 5.75 Å². The van der Waals surface area contributed by atoms with E-state index in [9.17, 15) is 4.79 Å². The summed E-state index contributed by atoms with van der Waals surface area (Å²) in [6.45, 7) is 1.79. The number of thioether (sulfide) groups is 1. The Kier molecular flexibility index (Phi) is 3.81. The van der Waals surface area contributed by atoms with Crippen molar-refractivity contribution in [2.75, 3.05) is 0 Å². The largest absolute Gasteiger partial charge is 0.301 e. The average Bonchev–Trinajstić information content (AvgIpc) is 2.25. The van der Waals surface area contributed by atoms with E-state index in [-0.39, 0.29) is 5.56 Å². The van der Waals surface area contributed by atoms with Crippen molar-refractivity contribution in [3.63, 3.8) is 0 Å². The van der Waals surface area contributed by atoms with E-state index in [4.69, 9.17) is 11.6 Å². The molecular weight excluding hydrogens is 258 g/mol. The van der Waals surface area contributed by atoms with Gasteiger partial charge in [-0.25, -0.2) is 9.97 Å². The van der Waals surface area contributed by atoms with E-state index in [1.54, 1.807) is 13.0 Å². The summed E-state index contributed by atoms with van der Waals surface area (Å²) in [5.41, 5.74) is 1.42. The van der Waals surface area contributed by atoms with E-state index < -0.39 is 0 Å². The van der Waals surface area contributed by atoms with Gasteiger partial charge in [-0.2, -0.15) is 0 Å². The van der Waals surface area contributed by atoms with Gasteiger partial charge < -0.3 is 4.98 Å². The minimum Gasteiger partial charge on any atom is -0.301 e. The minimum atomic E-state index is -0.140. The quantitative estimate of drug-likeness (QED) is 0.527. The molecule has 17 heavy (non-hydrogen) atoms. The molecule has 0 bridgehead atoms. The van der Waals surface area contributed by atoms with Gasteiger partial charge >= 0.3 is 0 Å². The highest BCUT2D eigenvalue weighted by Crippen LogP contribution is 2.18. The lowest BCUT2D eigenvalue weighted by Gasteiger charge is -2.01. The molecular formula is C11H10ClN3OS. The van der Waals surface area contributed by atoms with Crippen LogP contribution < -0.4 is 5.56 Å². The molecule has 0 radical (unpaired) electrons. The van der Waals surface area contributed by atoms with Crippen LogP contribution >= 0.6 is 23.4 Å². The lowest BCUT2D eigenvalue weighted by molar-refractivity contribution is 0.904. The zero-order chi connectivity index (χ0) is 12.3.